The second kappa shape index (κ2) is 11.5. The van der Waals surface area contributed by atoms with E-state index in [0.717, 1.165) is 5.56 Å². The van der Waals surface area contributed by atoms with Crippen molar-refractivity contribution in [1.82, 2.24) is 0 Å². The molecule has 0 N–H and O–H groups in total. The van der Waals surface area contributed by atoms with Crippen LogP contribution in [0, 0.1) is 5.92 Å². The highest BCUT2D eigenvalue weighted by atomic mass is 16.5. The normalized spacial score (nSPS) is 16.1. The monoisotopic (exact) mass is 474 g/mol. The van der Waals surface area contributed by atoms with E-state index in [-0.39, 0.29) is 24.4 Å². The van der Waals surface area contributed by atoms with Crippen LogP contribution >= 0.6 is 0 Å². The van der Waals surface area contributed by atoms with Crippen LogP contribution in [-0.4, -0.2) is 38.2 Å². The molecule has 0 heterocycles. The van der Waals surface area contributed by atoms with Crippen molar-refractivity contribution >= 4 is 29.1 Å². The van der Waals surface area contributed by atoms with E-state index in [0.29, 0.717) is 27.9 Å². The van der Waals surface area contributed by atoms with Gasteiger partial charge in [0.15, 0.2) is 0 Å². The van der Waals surface area contributed by atoms with Crippen LogP contribution in [0.15, 0.2) is 83.0 Å². The first-order chi connectivity index (χ1) is 16.9. The highest BCUT2D eigenvalue weighted by Gasteiger charge is 2.40. The van der Waals surface area contributed by atoms with E-state index in [1.807, 2.05) is 60.7 Å². The summed E-state index contributed by atoms with van der Waals surface area (Å²) < 4.78 is 16.0. The third kappa shape index (κ3) is 5.11. The minimum Gasteiger partial charge on any atom is -0.465 e. The number of benzene rings is 2. The van der Waals surface area contributed by atoms with Crippen molar-refractivity contribution in [3.8, 4) is 0 Å². The fraction of sp³-hybridized carbons (Fsp3) is 0.276. The Labute approximate surface area is 205 Å². The Morgan fingerprint density at radius 3 is 1.80 bits per heavy atom. The summed E-state index contributed by atoms with van der Waals surface area (Å²) in [6.07, 6.45) is 0. The number of hydrogen-bond donors (Lipinski definition) is 0. The smallest absolute Gasteiger partial charge is 0.339 e. The summed E-state index contributed by atoms with van der Waals surface area (Å²) in [5.41, 5.74) is 3.72. The highest BCUT2D eigenvalue weighted by molar-refractivity contribution is 6.19. The van der Waals surface area contributed by atoms with Crippen LogP contribution in [0.2, 0.25) is 0 Å². The number of carbonyl (C=O) groups is 3. The van der Waals surface area contributed by atoms with Gasteiger partial charge >= 0.3 is 17.9 Å². The first kappa shape index (κ1) is 25.7. The minimum atomic E-state index is -0.955. The van der Waals surface area contributed by atoms with E-state index in [4.69, 9.17) is 14.2 Å². The van der Waals surface area contributed by atoms with Crippen molar-refractivity contribution < 1.29 is 28.6 Å². The number of ether oxygens (including phenoxy) is 3. The van der Waals surface area contributed by atoms with Crippen LogP contribution in [0.5, 0.6) is 0 Å². The quantitative estimate of drug-likeness (QED) is 0.407. The molecule has 0 saturated heterocycles. The third-order valence-corrected chi connectivity index (χ3v) is 5.92. The molecular weight excluding hydrogens is 444 g/mol. The van der Waals surface area contributed by atoms with Crippen molar-refractivity contribution in [1.29, 1.82) is 0 Å². The molecule has 1 atom stereocenters. The number of rotatable bonds is 7. The summed E-state index contributed by atoms with van der Waals surface area (Å²) in [5.74, 6) is -2.70. The molecule has 0 aliphatic heterocycles. The molecule has 3 rings (SSSR count). The van der Waals surface area contributed by atoms with E-state index in [1.165, 1.54) is 7.11 Å². The van der Waals surface area contributed by atoms with Gasteiger partial charge in [0.1, 0.15) is 5.92 Å². The van der Waals surface area contributed by atoms with E-state index in [2.05, 4.69) is 0 Å². The summed E-state index contributed by atoms with van der Waals surface area (Å²) in [5, 5.41) is 0. The Bertz CT molecular complexity index is 1200. The van der Waals surface area contributed by atoms with Crippen LogP contribution in [-0.2, 0) is 28.6 Å². The topological polar surface area (TPSA) is 78.9 Å². The number of hydrogen-bond acceptors (Lipinski definition) is 6. The Hall–Kier alpha value is -3.93. The van der Waals surface area contributed by atoms with Gasteiger partial charge in [0.05, 0.1) is 31.5 Å². The van der Waals surface area contributed by atoms with Crippen LogP contribution in [0.25, 0.3) is 11.1 Å². The standard InChI is InChI=1S/C29H30O6/c1-6-34-28(31)23-18(3)22(27(30)33-5)19(4)24(29(32)35-7-2)26(21-16-12-9-13-17-21)25(23)20-14-10-8-11-15-20/h8-17,23H,6-7H2,1-5H3. The molecule has 0 aromatic heterocycles. The zero-order chi connectivity index (χ0) is 25.5. The first-order valence-corrected chi connectivity index (χ1v) is 11.6. The molecule has 0 bridgehead atoms. The summed E-state index contributed by atoms with van der Waals surface area (Å²) in [4.78, 5) is 40.0. The fourth-order valence-corrected chi connectivity index (χ4v) is 4.48. The number of carbonyl (C=O) groups excluding carboxylic acids is 3. The maximum Gasteiger partial charge on any atom is 0.339 e. The zero-order valence-corrected chi connectivity index (χ0v) is 20.7. The van der Waals surface area contributed by atoms with Gasteiger partial charge in [0, 0.05) is 5.57 Å². The minimum absolute atomic E-state index is 0.149. The van der Waals surface area contributed by atoms with Gasteiger partial charge in [0.2, 0.25) is 0 Å². The Morgan fingerprint density at radius 1 is 0.743 bits per heavy atom. The highest BCUT2D eigenvalue weighted by Crippen LogP contribution is 2.46. The van der Waals surface area contributed by atoms with E-state index in [1.54, 1.807) is 27.7 Å². The molecule has 1 aliphatic rings. The van der Waals surface area contributed by atoms with Crippen molar-refractivity contribution in [3.05, 3.63) is 94.1 Å². The van der Waals surface area contributed by atoms with Crippen molar-refractivity contribution in [2.45, 2.75) is 27.7 Å². The summed E-state index contributed by atoms with van der Waals surface area (Å²) in [7, 11) is 1.27. The predicted octanol–water partition coefficient (Wildman–Crippen LogP) is 5.16. The summed E-state index contributed by atoms with van der Waals surface area (Å²) in [6.45, 7) is 7.15. The molecule has 182 valence electrons. The average molecular weight is 475 g/mol. The molecule has 2 aromatic rings. The summed E-state index contributed by atoms with van der Waals surface area (Å²) in [6, 6.07) is 18.7. The largest absolute Gasteiger partial charge is 0.465 e. The van der Waals surface area contributed by atoms with Crippen LogP contribution in [0.4, 0.5) is 0 Å². The lowest BCUT2D eigenvalue weighted by Gasteiger charge is -2.24. The lowest BCUT2D eigenvalue weighted by molar-refractivity contribution is -0.144. The molecule has 0 saturated carbocycles. The first-order valence-electron chi connectivity index (χ1n) is 11.6. The molecule has 6 heteroatoms. The van der Waals surface area contributed by atoms with Crippen molar-refractivity contribution in [3.63, 3.8) is 0 Å². The number of esters is 3. The van der Waals surface area contributed by atoms with Gasteiger partial charge in [-0.1, -0.05) is 60.7 Å². The Balaban J connectivity index is 2.59. The molecule has 1 aliphatic carbocycles. The van der Waals surface area contributed by atoms with Crippen molar-refractivity contribution in [2.75, 3.05) is 20.3 Å². The van der Waals surface area contributed by atoms with Gasteiger partial charge in [-0.25, -0.2) is 9.59 Å². The SMILES string of the molecule is CCOC(=O)C1=C(C)C(C(=O)OC)=C(C)C(C(=O)OCC)C(c2ccccc2)=C1c1ccccc1. The number of methoxy groups -OCH3 is 1. The van der Waals surface area contributed by atoms with Crippen LogP contribution < -0.4 is 0 Å². The van der Waals surface area contributed by atoms with Gasteiger partial charge in [-0.2, -0.15) is 0 Å². The lowest BCUT2D eigenvalue weighted by atomic mass is 9.80. The lowest BCUT2D eigenvalue weighted by Crippen LogP contribution is -2.23. The molecule has 6 nitrogen and oxygen atoms in total. The van der Waals surface area contributed by atoms with Gasteiger partial charge in [-0.05, 0) is 55.5 Å². The second-order valence-corrected chi connectivity index (χ2v) is 7.98. The molecule has 35 heavy (non-hydrogen) atoms. The second-order valence-electron chi connectivity index (χ2n) is 7.98. The molecular formula is C29H30O6. The van der Waals surface area contributed by atoms with Crippen LogP contribution in [0.1, 0.15) is 38.8 Å². The molecule has 2 aromatic carbocycles. The van der Waals surface area contributed by atoms with Gasteiger partial charge in [-0.3, -0.25) is 4.79 Å². The molecule has 0 spiro atoms. The maximum absolute atomic E-state index is 13.5. The van der Waals surface area contributed by atoms with E-state index in [9.17, 15) is 14.4 Å². The third-order valence-electron chi connectivity index (χ3n) is 5.92. The molecule has 0 fully saturated rings. The van der Waals surface area contributed by atoms with Crippen molar-refractivity contribution in [2.24, 2.45) is 5.92 Å². The predicted molar refractivity (Wildman–Crippen MR) is 134 cm³/mol. The Morgan fingerprint density at radius 2 is 1.29 bits per heavy atom. The summed E-state index contributed by atoms with van der Waals surface area (Å²) >= 11 is 0. The average Bonchev–Trinajstić information content (AvgIpc) is 2.96. The van der Waals surface area contributed by atoms with E-state index < -0.39 is 23.8 Å². The van der Waals surface area contributed by atoms with E-state index >= 15 is 0 Å². The Kier molecular flexibility index (Phi) is 8.42. The zero-order valence-electron chi connectivity index (χ0n) is 20.7. The maximum atomic E-state index is 13.5. The fourth-order valence-electron chi connectivity index (χ4n) is 4.48. The molecule has 0 radical (unpaired) electrons. The van der Waals surface area contributed by atoms with Gasteiger partial charge in [-0.15, -0.1) is 0 Å². The molecule has 1 unspecified atom stereocenters. The van der Waals surface area contributed by atoms with Crippen LogP contribution in [0.3, 0.4) is 0 Å². The van der Waals surface area contributed by atoms with Gasteiger partial charge < -0.3 is 14.2 Å². The van der Waals surface area contributed by atoms with Gasteiger partial charge in [0.25, 0.3) is 0 Å². The molecule has 0 amide bonds.